The van der Waals surface area contributed by atoms with E-state index in [9.17, 15) is 19.2 Å². The van der Waals surface area contributed by atoms with Gasteiger partial charge in [-0.2, -0.15) is 0 Å². The van der Waals surface area contributed by atoms with Crippen LogP contribution < -0.4 is 11.1 Å². The Morgan fingerprint density at radius 1 is 0.812 bits per heavy atom. The van der Waals surface area contributed by atoms with Gasteiger partial charge in [0.1, 0.15) is 12.7 Å². The molecule has 0 bridgehead atoms. The zero-order valence-corrected chi connectivity index (χ0v) is 19.0. The smallest absolute Gasteiger partial charge is 0.303 e. The second-order valence-electron chi connectivity index (χ2n) is 7.18. The minimum Gasteiger partial charge on any atom is -0.463 e. The topological polar surface area (TPSA) is 162 Å². The van der Waals surface area contributed by atoms with Crippen LogP contribution in [0.1, 0.15) is 40.5 Å². The Kier molecular flexibility index (Phi) is 12.8. The van der Waals surface area contributed by atoms with Crippen molar-refractivity contribution in [1.29, 1.82) is 0 Å². The van der Waals surface area contributed by atoms with Crippen molar-refractivity contribution in [3.8, 4) is 0 Å². The second-order valence-corrected chi connectivity index (χ2v) is 7.18. The summed E-state index contributed by atoms with van der Waals surface area (Å²) in [6, 6.07) is 0. The summed E-state index contributed by atoms with van der Waals surface area (Å²) in [5.41, 5.74) is 5.45. The first-order valence-electron chi connectivity index (χ1n) is 10.5. The maximum absolute atomic E-state index is 11.8. The van der Waals surface area contributed by atoms with Gasteiger partial charge in [-0.1, -0.05) is 0 Å². The van der Waals surface area contributed by atoms with Crippen molar-refractivity contribution in [3.05, 3.63) is 0 Å². The largest absolute Gasteiger partial charge is 0.463 e. The first-order chi connectivity index (χ1) is 15.1. The van der Waals surface area contributed by atoms with Crippen LogP contribution in [0.2, 0.25) is 0 Å². The molecular formula is C20H34N2O10. The van der Waals surface area contributed by atoms with Crippen LogP contribution in [-0.4, -0.2) is 87.4 Å². The molecule has 0 spiro atoms. The van der Waals surface area contributed by atoms with Gasteiger partial charge in [-0.15, -0.1) is 0 Å². The highest BCUT2D eigenvalue weighted by molar-refractivity contribution is 5.68. The van der Waals surface area contributed by atoms with Crippen LogP contribution in [0.15, 0.2) is 0 Å². The van der Waals surface area contributed by atoms with Gasteiger partial charge in [-0.25, -0.2) is 0 Å². The predicted molar refractivity (Wildman–Crippen MR) is 109 cm³/mol. The van der Waals surface area contributed by atoms with Crippen molar-refractivity contribution in [2.24, 2.45) is 5.73 Å². The van der Waals surface area contributed by atoms with E-state index in [4.69, 9.17) is 34.2 Å². The fourth-order valence-electron chi connectivity index (χ4n) is 3.07. The standard InChI is InChI=1S/C20H34N2O10/c1-12(23)28-11-16-17(29-13(2)24)18(30-14(3)25)19(31-15(4)26)20(32-16)27-10-6-9-22-8-5-7-21/h16-20,22H,5-11,21H2,1-4H3. The maximum atomic E-state index is 11.8. The fraction of sp³-hybridized carbons (Fsp3) is 0.800. The molecule has 0 radical (unpaired) electrons. The molecule has 1 aliphatic rings. The van der Waals surface area contributed by atoms with Crippen molar-refractivity contribution in [2.45, 2.75) is 71.2 Å². The summed E-state index contributed by atoms with van der Waals surface area (Å²) in [4.78, 5) is 46.4. The molecule has 12 nitrogen and oxygen atoms in total. The van der Waals surface area contributed by atoms with E-state index in [-0.39, 0.29) is 13.2 Å². The highest BCUT2D eigenvalue weighted by atomic mass is 16.7. The van der Waals surface area contributed by atoms with Gasteiger partial charge in [-0.3, -0.25) is 19.2 Å². The summed E-state index contributed by atoms with van der Waals surface area (Å²) in [7, 11) is 0. The third kappa shape index (κ3) is 10.4. The van der Waals surface area contributed by atoms with Crippen LogP contribution >= 0.6 is 0 Å². The van der Waals surface area contributed by atoms with Crippen LogP contribution in [0, 0.1) is 0 Å². The number of nitrogens with two attached hydrogens (primary N) is 1. The summed E-state index contributed by atoms with van der Waals surface area (Å²) in [6.07, 6.45) is -4.36. The third-order valence-corrected chi connectivity index (χ3v) is 4.29. The van der Waals surface area contributed by atoms with Gasteiger partial charge in [0.15, 0.2) is 24.6 Å². The van der Waals surface area contributed by atoms with Gasteiger partial charge in [0.05, 0.1) is 6.61 Å². The van der Waals surface area contributed by atoms with Crippen molar-refractivity contribution in [3.63, 3.8) is 0 Å². The Morgan fingerprint density at radius 3 is 1.94 bits per heavy atom. The van der Waals surface area contributed by atoms with E-state index in [0.717, 1.165) is 26.8 Å². The monoisotopic (exact) mass is 462 g/mol. The maximum Gasteiger partial charge on any atom is 0.303 e. The Bertz CT molecular complexity index is 630. The summed E-state index contributed by atoms with van der Waals surface area (Å²) in [5, 5.41) is 3.20. The van der Waals surface area contributed by atoms with Crippen LogP contribution in [-0.2, 0) is 47.6 Å². The van der Waals surface area contributed by atoms with E-state index in [1.165, 1.54) is 13.8 Å². The van der Waals surface area contributed by atoms with Gasteiger partial charge in [-0.05, 0) is 32.5 Å². The van der Waals surface area contributed by atoms with E-state index in [0.29, 0.717) is 19.5 Å². The molecule has 1 rings (SSSR count). The molecule has 3 N–H and O–H groups in total. The number of esters is 4. The molecule has 0 aliphatic carbocycles. The van der Waals surface area contributed by atoms with E-state index < -0.39 is 54.6 Å². The Hall–Kier alpha value is -2.28. The fourth-order valence-corrected chi connectivity index (χ4v) is 3.07. The van der Waals surface area contributed by atoms with Crippen LogP contribution in [0.3, 0.4) is 0 Å². The zero-order valence-electron chi connectivity index (χ0n) is 19.0. The number of ether oxygens (including phenoxy) is 6. The van der Waals surface area contributed by atoms with Crippen molar-refractivity contribution in [2.75, 3.05) is 32.8 Å². The third-order valence-electron chi connectivity index (χ3n) is 4.29. The van der Waals surface area contributed by atoms with Crippen LogP contribution in [0.25, 0.3) is 0 Å². The molecule has 184 valence electrons. The summed E-state index contributed by atoms with van der Waals surface area (Å²) in [5.74, 6) is -2.64. The number of hydrogen-bond acceptors (Lipinski definition) is 12. The van der Waals surface area contributed by atoms with Crippen molar-refractivity contribution >= 4 is 23.9 Å². The molecule has 0 aromatic carbocycles. The molecule has 0 saturated carbocycles. The molecule has 0 aromatic heterocycles. The average molecular weight is 462 g/mol. The molecule has 0 aromatic rings. The zero-order chi connectivity index (χ0) is 24.1. The molecule has 5 unspecified atom stereocenters. The van der Waals surface area contributed by atoms with Gasteiger partial charge in [0, 0.05) is 27.7 Å². The lowest BCUT2D eigenvalue weighted by Crippen LogP contribution is -2.63. The minimum atomic E-state index is -1.23. The van der Waals surface area contributed by atoms with E-state index in [2.05, 4.69) is 5.32 Å². The molecule has 12 heteroatoms. The number of nitrogens with one attached hydrogen (secondary N) is 1. The lowest BCUT2D eigenvalue weighted by Gasteiger charge is -2.44. The summed E-state index contributed by atoms with van der Waals surface area (Å²) >= 11 is 0. The quantitative estimate of drug-likeness (QED) is 0.204. The Morgan fingerprint density at radius 2 is 1.38 bits per heavy atom. The number of carbonyl (C=O) groups excluding carboxylic acids is 4. The summed E-state index contributed by atoms with van der Waals surface area (Å²) in [6.45, 7) is 6.66. The van der Waals surface area contributed by atoms with Crippen molar-refractivity contribution in [1.82, 2.24) is 5.32 Å². The lowest BCUT2D eigenvalue weighted by atomic mass is 9.98. The Balaban J connectivity index is 3.01. The van der Waals surface area contributed by atoms with E-state index >= 15 is 0 Å². The highest BCUT2D eigenvalue weighted by Crippen LogP contribution is 2.30. The summed E-state index contributed by atoms with van der Waals surface area (Å²) < 4.78 is 32.6. The Labute approximate surface area is 187 Å². The van der Waals surface area contributed by atoms with Crippen LogP contribution in [0.4, 0.5) is 0 Å². The predicted octanol–water partition coefficient (Wildman–Crippen LogP) is -0.585. The molecule has 1 aliphatic heterocycles. The molecule has 1 fully saturated rings. The second kappa shape index (κ2) is 14.7. The molecule has 5 atom stereocenters. The SMILES string of the molecule is CC(=O)OCC1OC(OCCCNCCCN)C(OC(C)=O)C(OC(C)=O)C1OC(C)=O. The molecule has 32 heavy (non-hydrogen) atoms. The lowest BCUT2D eigenvalue weighted by molar-refractivity contribution is -0.308. The minimum absolute atomic E-state index is 0.226. The first kappa shape index (κ1) is 27.8. The van der Waals surface area contributed by atoms with Gasteiger partial charge < -0.3 is 39.5 Å². The molecule has 1 heterocycles. The first-order valence-corrected chi connectivity index (χ1v) is 10.5. The number of carbonyl (C=O) groups is 4. The van der Waals surface area contributed by atoms with Crippen LogP contribution in [0.5, 0.6) is 0 Å². The van der Waals surface area contributed by atoms with Crippen molar-refractivity contribution < 1.29 is 47.6 Å². The molecule has 1 saturated heterocycles. The normalized spacial score (nSPS) is 25.0. The van der Waals surface area contributed by atoms with E-state index in [1.807, 2.05) is 0 Å². The van der Waals surface area contributed by atoms with Gasteiger partial charge in [0.2, 0.25) is 0 Å². The molecule has 0 amide bonds. The van der Waals surface area contributed by atoms with Gasteiger partial charge >= 0.3 is 23.9 Å². The van der Waals surface area contributed by atoms with Gasteiger partial charge in [0.25, 0.3) is 0 Å². The average Bonchev–Trinajstić information content (AvgIpc) is 2.68. The molecular weight excluding hydrogens is 428 g/mol. The highest BCUT2D eigenvalue weighted by Gasteiger charge is 2.52. The van der Waals surface area contributed by atoms with E-state index in [1.54, 1.807) is 0 Å². The number of rotatable bonds is 13. The number of hydrogen-bond donors (Lipinski definition) is 2.